The van der Waals surface area contributed by atoms with E-state index >= 15 is 0 Å². The van der Waals surface area contributed by atoms with Crippen LogP contribution in [-0.4, -0.2) is 29.2 Å². The second-order valence-corrected chi connectivity index (χ2v) is 5.09. The molecule has 0 bridgehead atoms. The largest absolute Gasteiger partial charge is 0.363 e. The van der Waals surface area contributed by atoms with Gasteiger partial charge in [0.25, 0.3) is 0 Å². The van der Waals surface area contributed by atoms with Gasteiger partial charge in [0.05, 0.1) is 0 Å². The van der Waals surface area contributed by atoms with Gasteiger partial charge < -0.3 is 10.6 Å². The van der Waals surface area contributed by atoms with Crippen molar-refractivity contribution in [1.82, 2.24) is 10.6 Å². The average Bonchev–Trinajstić information content (AvgIpc) is 2.64. The summed E-state index contributed by atoms with van der Waals surface area (Å²) in [6.45, 7) is 4.15. The van der Waals surface area contributed by atoms with E-state index in [1.807, 2.05) is 0 Å². The van der Waals surface area contributed by atoms with Gasteiger partial charge in [-0.25, -0.2) is 0 Å². The smallest absolute Gasteiger partial charge is 0.166 e. The highest BCUT2D eigenvalue weighted by molar-refractivity contribution is 8.00. The Morgan fingerprint density at radius 1 is 1.54 bits per heavy atom. The van der Waals surface area contributed by atoms with Crippen molar-refractivity contribution >= 4 is 29.1 Å². The molecule has 2 N–H and O–H groups in total. The summed E-state index contributed by atoms with van der Waals surface area (Å²) < 4.78 is 0. The summed E-state index contributed by atoms with van der Waals surface area (Å²) >= 11 is 7.18. The molecular weight excluding hydrogens is 200 g/mol. The molecule has 0 radical (unpaired) electrons. The fourth-order valence-electron chi connectivity index (χ4n) is 1.31. The lowest BCUT2D eigenvalue weighted by molar-refractivity contribution is 0.730. The minimum Gasteiger partial charge on any atom is -0.363 e. The monoisotopic (exact) mass is 218 g/mol. The van der Waals surface area contributed by atoms with Crippen molar-refractivity contribution in [3.8, 4) is 0 Å². The Morgan fingerprint density at radius 3 is 3.00 bits per heavy atom. The molecule has 0 aromatic rings. The summed E-state index contributed by atoms with van der Waals surface area (Å²) in [5.74, 6) is 1.32. The molecule has 4 heteroatoms. The summed E-state index contributed by atoms with van der Waals surface area (Å²) in [6, 6.07) is 0. The zero-order chi connectivity index (χ0) is 9.52. The highest BCUT2D eigenvalue weighted by Gasteiger charge is 2.14. The zero-order valence-corrected chi connectivity index (χ0v) is 9.77. The van der Waals surface area contributed by atoms with Crippen molar-refractivity contribution in [2.45, 2.75) is 31.4 Å². The third-order valence-corrected chi connectivity index (χ3v) is 3.74. The molecule has 1 fully saturated rings. The summed E-state index contributed by atoms with van der Waals surface area (Å²) in [6.07, 6.45) is 3.83. The SMILES string of the molecule is CCCNC(=S)NCC1CCCS1. The molecule has 0 aliphatic carbocycles. The molecule has 0 amide bonds. The van der Waals surface area contributed by atoms with Crippen LogP contribution >= 0.6 is 24.0 Å². The van der Waals surface area contributed by atoms with Gasteiger partial charge in [-0.05, 0) is 37.2 Å². The van der Waals surface area contributed by atoms with Crippen LogP contribution in [0.3, 0.4) is 0 Å². The number of thioether (sulfide) groups is 1. The normalized spacial score (nSPS) is 21.5. The summed E-state index contributed by atoms with van der Waals surface area (Å²) in [4.78, 5) is 0. The highest BCUT2D eigenvalue weighted by Crippen LogP contribution is 2.25. The Balaban J connectivity index is 2.00. The molecule has 0 saturated carbocycles. The molecular formula is C9H18N2S2. The van der Waals surface area contributed by atoms with Gasteiger partial charge >= 0.3 is 0 Å². The molecule has 0 spiro atoms. The fourth-order valence-corrected chi connectivity index (χ4v) is 2.70. The van der Waals surface area contributed by atoms with Crippen molar-refractivity contribution in [3.63, 3.8) is 0 Å². The van der Waals surface area contributed by atoms with Crippen molar-refractivity contribution in [2.75, 3.05) is 18.8 Å². The van der Waals surface area contributed by atoms with Gasteiger partial charge in [-0.1, -0.05) is 6.92 Å². The van der Waals surface area contributed by atoms with E-state index in [1.165, 1.54) is 18.6 Å². The summed E-state index contributed by atoms with van der Waals surface area (Å²) in [5.41, 5.74) is 0. The number of rotatable bonds is 4. The maximum atomic E-state index is 5.12. The first-order chi connectivity index (χ1) is 6.33. The number of hydrogen-bond donors (Lipinski definition) is 2. The Hall–Kier alpha value is 0.0400. The predicted molar refractivity (Wildman–Crippen MR) is 64.4 cm³/mol. The number of hydrogen-bond acceptors (Lipinski definition) is 2. The molecule has 1 aliphatic rings. The van der Waals surface area contributed by atoms with Crippen LogP contribution < -0.4 is 10.6 Å². The van der Waals surface area contributed by atoms with Crippen LogP contribution in [0.15, 0.2) is 0 Å². The highest BCUT2D eigenvalue weighted by atomic mass is 32.2. The predicted octanol–water partition coefficient (Wildman–Crippen LogP) is 1.76. The average molecular weight is 218 g/mol. The van der Waals surface area contributed by atoms with Crippen LogP contribution in [0.2, 0.25) is 0 Å². The Kier molecular flexibility index (Phi) is 5.55. The molecule has 0 aromatic heterocycles. The molecule has 1 unspecified atom stereocenters. The van der Waals surface area contributed by atoms with E-state index in [-0.39, 0.29) is 0 Å². The molecule has 0 aromatic carbocycles. The molecule has 1 aliphatic heterocycles. The molecule has 1 atom stereocenters. The molecule has 13 heavy (non-hydrogen) atoms. The second-order valence-electron chi connectivity index (χ2n) is 3.27. The van der Waals surface area contributed by atoms with Crippen LogP contribution in [0.5, 0.6) is 0 Å². The zero-order valence-electron chi connectivity index (χ0n) is 8.14. The van der Waals surface area contributed by atoms with E-state index in [0.717, 1.165) is 29.9 Å². The summed E-state index contributed by atoms with van der Waals surface area (Å²) in [5, 5.41) is 8.02. The van der Waals surface area contributed by atoms with Crippen LogP contribution in [0.4, 0.5) is 0 Å². The van der Waals surface area contributed by atoms with E-state index in [0.29, 0.717) is 0 Å². The molecule has 1 heterocycles. The van der Waals surface area contributed by atoms with Gasteiger partial charge in [0.1, 0.15) is 0 Å². The first-order valence-electron chi connectivity index (χ1n) is 4.96. The van der Waals surface area contributed by atoms with Crippen LogP contribution in [0.25, 0.3) is 0 Å². The van der Waals surface area contributed by atoms with Crippen molar-refractivity contribution in [2.24, 2.45) is 0 Å². The maximum Gasteiger partial charge on any atom is 0.166 e. The van der Waals surface area contributed by atoms with Crippen LogP contribution in [-0.2, 0) is 0 Å². The van der Waals surface area contributed by atoms with Crippen molar-refractivity contribution < 1.29 is 0 Å². The third kappa shape index (κ3) is 4.72. The Morgan fingerprint density at radius 2 is 2.38 bits per heavy atom. The van der Waals surface area contributed by atoms with Gasteiger partial charge in [0, 0.05) is 18.3 Å². The lowest BCUT2D eigenvalue weighted by Crippen LogP contribution is -2.38. The van der Waals surface area contributed by atoms with Gasteiger partial charge in [-0.15, -0.1) is 0 Å². The Bertz CT molecular complexity index is 156. The van der Waals surface area contributed by atoms with Crippen molar-refractivity contribution in [3.05, 3.63) is 0 Å². The number of thiocarbonyl (C=S) groups is 1. The maximum absolute atomic E-state index is 5.12. The summed E-state index contributed by atoms with van der Waals surface area (Å²) in [7, 11) is 0. The first kappa shape index (κ1) is 11.1. The standard InChI is InChI=1S/C9H18N2S2/c1-2-5-10-9(12)11-7-8-4-3-6-13-8/h8H,2-7H2,1H3,(H2,10,11,12). The topological polar surface area (TPSA) is 24.1 Å². The minimum absolute atomic E-state index is 0.779. The van der Waals surface area contributed by atoms with E-state index in [2.05, 4.69) is 29.3 Å². The van der Waals surface area contributed by atoms with Gasteiger partial charge in [0.2, 0.25) is 0 Å². The van der Waals surface area contributed by atoms with Crippen molar-refractivity contribution in [1.29, 1.82) is 0 Å². The number of nitrogens with one attached hydrogen (secondary N) is 2. The quantitative estimate of drug-likeness (QED) is 0.702. The molecule has 1 rings (SSSR count). The second kappa shape index (κ2) is 6.49. The van der Waals surface area contributed by atoms with E-state index in [1.54, 1.807) is 0 Å². The van der Waals surface area contributed by atoms with E-state index in [9.17, 15) is 0 Å². The lowest BCUT2D eigenvalue weighted by atomic mass is 10.2. The van der Waals surface area contributed by atoms with Gasteiger partial charge in [-0.2, -0.15) is 11.8 Å². The molecule has 1 saturated heterocycles. The molecule has 76 valence electrons. The molecule has 2 nitrogen and oxygen atoms in total. The van der Waals surface area contributed by atoms with E-state index < -0.39 is 0 Å². The van der Waals surface area contributed by atoms with Gasteiger partial charge in [0.15, 0.2) is 5.11 Å². The first-order valence-corrected chi connectivity index (χ1v) is 6.42. The fraction of sp³-hybridized carbons (Fsp3) is 0.889. The minimum atomic E-state index is 0.779. The lowest BCUT2D eigenvalue weighted by Gasteiger charge is -2.12. The van der Waals surface area contributed by atoms with Crippen LogP contribution in [0.1, 0.15) is 26.2 Å². The van der Waals surface area contributed by atoms with E-state index in [4.69, 9.17) is 12.2 Å². The third-order valence-electron chi connectivity index (χ3n) is 2.05. The van der Waals surface area contributed by atoms with Crippen LogP contribution in [0, 0.1) is 0 Å². The Labute approximate surface area is 90.2 Å². The van der Waals surface area contributed by atoms with Gasteiger partial charge in [-0.3, -0.25) is 0 Å².